The monoisotopic (exact) mass is 1080 g/mol. The van der Waals surface area contributed by atoms with E-state index in [1.54, 1.807) is 0 Å². The summed E-state index contributed by atoms with van der Waals surface area (Å²) in [6, 6.07) is 0. The maximum atomic E-state index is 11.2. The van der Waals surface area contributed by atoms with Gasteiger partial charge < -0.3 is 149 Å². The maximum Gasteiger partial charge on any atom is 0.187 e. The minimum absolute atomic E-state index is 0.999. The van der Waals surface area contributed by atoms with Crippen molar-refractivity contribution in [3.63, 3.8) is 0 Å². The molecule has 0 unspecified atom stereocenters. The SMILES string of the molecule is C1=CSSC1.OC[C@H]1O[C@@H]2O[C@H]3[C@H](O)[C@@H](O)[C@@H](O[C@H]4[C@H](O)[C@@H](O)[C@@H](O[C@H]5[C@H](O)[C@@H](O)[C@@H](O[C@H]6[C@H](O)[C@@H](O)[C@@H](O[C@H]7[C@H](O)[C@@H](O)[C@@H](O[C@H]1[C@H](O)[C@H]2O)O[C@@H]7CO)O[C@@H]6CO)O[C@@H]5CO)O[C@@H]4CO)O[C@@H]3CO. The van der Waals surface area contributed by atoms with Crippen LogP contribution in [0.25, 0.3) is 0 Å². The van der Waals surface area contributed by atoms with E-state index >= 15 is 0 Å². The van der Waals surface area contributed by atoms with Gasteiger partial charge in [0, 0.05) is 5.75 Å². The summed E-state index contributed by atoms with van der Waals surface area (Å²) in [6.45, 7) is -5.99. The predicted molar refractivity (Wildman–Crippen MR) is 225 cm³/mol. The third kappa shape index (κ3) is 12.2. The van der Waals surface area contributed by atoms with Gasteiger partial charge in [0.2, 0.25) is 0 Å². The number of rotatable bonds is 6. The highest BCUT2D eigenvalue weighted by Crippen LogP contribution is 2.38. The molecule has 30 nitrogen and oxygen atoms in total. The van der Waals surface area contributed by atoms with Crippen LogP contribution in [0.4, 0.5) is 0 Å². The highest BCUT2D eigenvalue weighted by Gasteiger charge is 2.58. The number of aliphatic hydroxyl groups is 18. The fourth-order valence-corrected chi connectivity index (χ4v) is 10.7. The number of hydrogen-bond acceptors (Lipinski definition) is 32. The zero-order chi connectivity index (χ0) is 51.6. The van der Waals surface area contributed by atoms with Gasteiger partial charge in [0.25, 0.3) is 0 Å². The van der Waals surface area contributed by atoms with Crippen LogP contribution in [-0.4, -0.2) is 322 Å². The molecular formula is C39H64O30S2. The van der Waals surface area contributed by atoms with Crippen LogP contribution in [0.2, 0.25) is 0 Å². The van der Waals surface area contributed by atoms with Crippen molar-refractivity contribution in [2.45, 2.75) is 184 Å². The summed E-state index contributed by atoms with van der Waals surface area (Å²) in [5, 5.41) is 198. The number of ether oxygens (including phenoxy) is 12. The van der Waals surface area contributed by atoms with Gasteiger partial charge in [-0.2, -0.15) is 0 Å². The van der Waals surface area contributed by atoms with E-state index in [2.05, 4.69) is 11.5 Å². The first-order valence-electron chi connectivity index (χ1n) is 22.5. The van der Waals surface area contributed by atoms with Crippen molar-refractivity contribution in [3.05, 3.63) is 11.5 Å². The molecule has 32 heteroatoms. The normalized spacial score (nSPS) is 52.9. The Bertz CT molecular complexity index is 1370. The molecule has 23 rings (SSSR count). The van der Waals surface area contributed by atoms with Gasteiger partial charge in [0.05, 0.1) is 39.6 Å². The van der Waals surface area contributed by atoms with E-state index in [1.165, 1.54) is 5.75 Å². The molecular weight excluding hydrogens is 1010 g/mol. The lowest BCUT2D eigenvalue weighted by atomic mass is 9.94. The highest BCUT2D eigenvalue weighted by molar-refractivity contribution is 8.78. The van der Waals surface area contributed by atoms with Gasteiger partial charge in [-0.1, -0.05) is 27.7 Å². The van der Waals surface area contributed by atoms with E-state index < -0.39 is 224 Å². The lowest BCUT2D eigenvalue weighted by molar-refractivity contribution is -0.404. The molecule has 0 saturated carbocycles. The molecule has 23 heterocycles. The average molecular weight is 1080 g/mol. The van der Waals surface area contributed by atoms with Crippen molar-refractivity contribution in [3.8, 4) is 0 Å². The topological polar surface area (TPSA) is 475 Å². The van der Waals surface area contributed by atoms with Gasteiger partial charge in [0.1, 0.15) is 146 Å². The second kappa shape index (κ2) is 25.6. The van der Waals surface area contributed by atoms with Gasteiger partial charge in [0.15, 0.2) is 37.7 Å². The summed E-state index contributed by atoms with van der Waals surface area (Å²) in [6.07, 6.45) is -56.3. The zero-order valence-electron chi connectivity index (χ0n) is 37.2. The van der Waals surface area contributed by atoms with E-state index in [4.69, 9.17) is 56.8 Å². The van der Waals surface area contributed by atoms with E-state index in [-0.39, 0.29) is 0 Å². The van der Waals surface area contributed by atoms with Crippen LogP contribution in [0.3, 0.4) is 0 Å². The van der Waals surface area contributed by atoms with Crippen molar-refractivity contribution in [1.82, 2.24) is 0 Å². The standard InChI is InChI=1S/C36H60O30.C3H4S2/c37-1-7-25-13(43)19(49)31(55-7)62-26-8(2-38)57-33(21(51)15(26)45)64-28-10(4-40)59-35(23(53)17(28)47)66-30-12(6-42)60-36(24(54)18(30)48)65-29-11(5-41)58-34(22(52)16(29)46)63-27-9(3-39)56-32(61-25)20(50)14(27)44;1-2-4-5-3-1/h7-54H,1-6H2;1-2H,3H2/t7-,8-,9-,10-,11-,12-,13-,14-,15-,16-,17-,18-,19-,20-,21-,22-,23-,24-,25-,26-,27-,28-,29-,30-,31-,32-,33-,34-,35-,36-;/m1./s1. The van der Waals surface area contributed by atoms with Crippen molar-refractivity contribution in [2.24, 2.45) is 0 Å². The quantitative estimate of drug-likeness (QED) is 0.110. The molecule has 0 radical (unpaired) electrons. The summed E-state index contributed by atoms with van der Waals surface area (Å²) in [5.74, 6) is 1.20. The number of aliphatic hydroxyl groups excluding tert-OH is 18. The Morgan fingerprint density at radius 3 is 0.577 bits per heavy atom. The molecule has 23 aliphatic heterocycles. The molecule has 0 aliphatic carbocycles. The van der Waals surface area contributed by atoms with E-state index in [0.717, 1.165) is 0 Å². The maximum absolute atomic E-state index is 11.2. The van der Waals surface area contributed by atoms with Crippen molar-refractivity contribution < 1.29 is 149 Å². The molecule has 0 aromatic heterocycles. The van der Waals surface area contributed by atoms with Crippen LogP contribution in [0, 0.1) is 0 Å². The summed E-state index contributed by atoms with van der Waals surface area (Å²) in [4.78, 5) is 0. The van der Waals surface area contributed by atoms with Gasteiger partial charge in [-0.25, -0.2) is 0 Å². The fourth-order valence-electron chi connectivity index (χ4n) is 9.12. The molecule has 23 aliphatic rings. The molecule has 12 bridgehead atoms. The van der Waals surface area contributed by atoms with Crippen LogP contribution < -0.4 is 0 Å². The van der Waals surface area contributed by atoms with Gasteiger partial charge in [-0.15, -0.1) is 0 Å². The van der Waals surface area contributed by atoms with Crippen LogP contribution in [0.1, 0.15) is 0 Å². The third-order valence-corrected chi connectivity index (χ3v) is 15.0. The fraction of sp³-hybridized carbons (Fsp3) is 0.949. The molecule has 18 N–H and O–H groups in total. The van der Waals surface area contributed by atoms with E-state index in [1.807, 2.05) is 21.6 Å². The lowest BCUT2D eigenvalue weighted by Crippen LogP contribution is -2.69. The van der Waals surface area contributed by atoms with Crippen molar-refractivity contribution in [2.75, 3.05) is 45.4 Å². The molecule has 22 fully saturated rings. The lowest BCUT2D eigenvalue weighted by Gasteiger charge is -2.50. The largest absolute Gasteiger partial charge is 0.394 e. The van der Waals surface area contributed by atoms with Crippen molar-refractivity contribution in [1.29, 1.82) is 0 Å². The van der Waals surface area contributed by atoms with Gasteiger partial charge in [-0.3, -0.25) is 0 Å². The van der Waals surface area contributed by atoms with Crippen LogP contribution in [0.15, 0.2) is 11.5 Å². The molecule has 0 amide bonds. The Balaban J connectivity index is 0.00000139. The zero-order valence-corrected chi connectivity index (χ0v) is 38.8. The molecule has 0 spiro atoms. The Hall–Kier alpha value is -0.760. The Kier molecular flexibility index (Phi) is 20.9. The van der Waals surface area contributed by atoms with Crippen LogP contribution >= 0.6 is 21.6 Å². The average Bonchev–Trinajstić information content (AvgIpc) is 3.97. The Morgan fingerprint density at radius 2 is 0.465 bits per heavy atom. The third-order valence-electron chi connectivity index (χ3n) is 13.1. The smallest absolute Gasteiger partial charge is 0.187 e. The molecule has 0 aromatic carbocycles. The Morgan fingerprint density at radius 1 is 0.282 bits per heavy atom. The summed E-state index contributed by atoms with van der Waals surface area (Å²) in [7, 11) is 3.69. The minimum Gasteiger partial charge on any atom is -0.394 e. The van der Waals surface area contributed by atoms with Crippen LogP contribution in [-0.2, 0) is 56.8 Å². The van der Waals surface area contributed by atoms with Gasteiger partial charge in [-0.05, 0) is 5.41 Å². The first-order valence-corrected chi connectivity index (χ1v) is 24.9. The molecule has 30 atom stereocenters. The Labute approximate surface area is 410 Å². The second-order valence-electron chi connectivity index (χ2n) is 17.6. The minimum atomic E-state index is -2.15. The molecule has 412 valence electrons. The first-order chi connectivity index (χ1) is 33.9. The van der Waals surface area contributed by atoms with Crippen molar-refractivity contribution >= 4 is 21.6 Å². The summed E-state index contributed by atoms with van der Waals surface area (Å²) >= 11 is 0. The summed E-state index contributed by atoms with van der Waals surface area (Å²) < 4.78 is 67.9. The first kappa shape index (κ1) is 57.9. The highest BCUT2D eigenvalue weighted by atomic mass is 33.1. The van der Waals surface area contributed by atoms with Crippen LogP contribution in [0.5, 0.6) is 0 Å². The molecule has 0 aromatic rings. The predicted octanol–water partition coefficient (Wildman–Crippen LogP) is -11.2. The van der Waals surface area contributed by atoms with Gasteiger partial charge >= 0.3 is 0 Å². The second-order valence-corrected chi connectivity index (χ2v) is 19.9. The molecule has 22 saturated heterocycles. The molecule has 71 heavy (non-hydrogen) atoms. The van der Waals surface area contributed by atoms with E-state index in [9.17, 15) is 91.9 Å². The van der Waals surface area contributed by atoms with E-state index in [0.29, 0.717) is 0 Å². The summed E-state index contributed by atoms with van der Waals surface area (Å²) in [5.41, 5.74) is 0. The number of hydrogen-bond donors (Lipinski definition) is 18.